The van der Waals surface area contributed by atoms with Crippen LogP contribution in [0.3, 0.4) is 0 Å². The van der Waals surface area contributed by atoms with Crippen LogP contribution in [0.25, 0.3) is 0 Å². The van der Waals surface area contributed by atoms with E-state index in [9.17, 15) is 9.59 Å². The van der Waals surface area contributed by atoms with Gasteiger partial charge in [-0.1, -0.05) is 24.3 Å². The molecule has 0 bridgehead atoms. The molecule has 7 heteroatoms. The van der Waals surface area contributed by atoms with Crippen molar-refractivity contribution in [2.24, 2.45) is 4.99 Å². The van der Waals surface area contributed by atoms with Gasteiger partial charge in [-0.3, -0.25) is 10.1 Å². The van der Waals surface area contributed by atoms with E-state index >= 15 is 0 Å². The summed E-state index contributed by atoms with van der Waals surface area (Å²) in [7, 11) is 1.33. The summed E-state index contributed by atoms with van der Waals surface area (Å²) in [6.07, 6.45) is 2.01. The minimum atomic E-state index is -0.435. The maximum Gasteiger partial charge on any atom is 0.337 e. The van der Waals surface area contributed by atoms with E-state index in [-0.39, 0.29) is 12.0 Å². The molecule has 0 radical (unpaired) electrons. The Morgan fingerprint density at radius 2 is 1.93 bits per heavy atom. The van der Waals surface area contributed by atoms with E-state index in [0.717, 1.165) is 19.4 Å². The zero-order chi connectivity index (χ0) is 19.8. The minimum Gasteiger partial charge on any atom is -0.465 e. The lowest BCUT2D eigenvalue weighted by molar-refractivity contribution is 0.0600. The Labute approximate surface area is 163 Å². The third-order valence-corrected chi connectivity index (χ3v) is 4.29. The van der Waals surface area contributed by atoms with Gasteiger partial charge in [-0.15, -0.1) is 0 Å². The summed E-state index contributed by atoms with van der Waals surface area (Å²) in [6.45, 7) is 1.18. The number of hydrogen-bond donors (Lipinski definition) is 2. The topological polar surface area (TPSA) is 89.0 Å². The first-order valence-electron chi connectivity index (χ1n) is 9.13. The maximum atomic E-state index is 12.5. The highest BCUT2D eigenvalue weighted by Crippen LogP contribution is 2.14. The zero-order valence-corrected chi connectivity index (χ0v) is 15.7. The van der Waals surface area contributed by atoms with E-state index in [2.05, 4.69) is 15.6 Å². The molecular weight excluding hydrogens is 358 g/mol. The predicted molar refractivity (Wildman–Crippen MR) is 107 cm³/mol. The largest absolute Gasteiger partial charge is 0.465 e. The van der Waals surface area contributed by atoms with Gasteiger partial charge in [0.15, 0.2) is 0 Å². The van der Waals surface area contributed by atoms with Crippen LogP contribution in [0.1, 0.15) is 33.6 Å². The number of anilines is 1. The fourth-order valence-corrected chi connectivity index (χ4v) is 2.84. The Morgan fingerprint density at radius 3 is 2.64 bits per heavy atom. The molecule has 1 heterocycles. The molecule has 1 atom stereocenters. The van der Waals surface area contributed by atoms with Gasteiger partial charge in [-0.2, -0.15) is 0 Å². The smallest absolute Gasteiger partial charge is 0.337 e. The first-order valence-corrected chi connectivity index (χ1v) is 9.13. The first-order chi connectivity index (χ1) is 13.7. The van der Waals surface area contributed by atoms with Crippen molar-refractivity contribution in [3.8, 4) is 0 Å². The quantitative estimate of drug-likeness (QED) is 0.472. The summed E-state index contributed by atoms with van der Waals surface area (Å²) in [6, 6.07) is 15.7. The van der Waals surface area contributed by atoms with Gasteiger partial charge < -0.3 is 14.8 Å². The van der Waals surface area contributed by atoms with Gasteiger partial charge in [0.05, 0.1) is 25.3 Å². The van der Waals surface area contributed by atoms with Crippen molar-refractivity contribution in [3.63, 3.8) is 0 Å². The van der Waals surface area contributed by atoms with Gasteiger partial charge in [0, 0.05) is 17.9 Å². The fourth-order valence-electron chi connectivity index (χ4n) is 2.84. The number of benzene rings is 2. The minimum absolute atomic E-state index is 0.0480. The molecule has 3 rings (SSSR count). The average Bonchev–Trinajstić information content (AvgIpc) is 3.26. The van der Waals surface area contributed by atoms with Crippen molar-refractivity contribution in [3.05, 3.63) is 65.7 Å². The Hall–Kier alpha value is -3.19. The predicted octanol–water partition coefficient (Wildman–Crippen LogP) is 2.85. The van der Waals surface area contributed by atoms with Crippen LogP contribution in [0.5, 0.6) is 0 Å². The number of carbonyl (C=O) groups is 2. The molecule has 0 saturated carbocycles. The standard InChI is InChI=1S/C21H23N3O4/c1-27-20(26)16-9-5-10-17(13-16)23-21(22-14-18-11-6-12-28-18)24-19(25)15-7-3-2-4-8-15/h2-5,7-10,13,18H,6,11-12,14H2,1H3,(H2,22,23,24,25). The van der Waals surface area contributed by atoms with Gasteiger partial charge in [-0.05, 0) is 43.2 Å². The second-order valence-corrected chi connectivity index (χ2v) is 6.34. The van der Waals surface area contributed by atoms with E-state index in [1.165, 1.54) is 7.11 Å². The van der Waals surface area contributed by atoms with Crippen LogP contribution in [-0.2, 0) is 9.47 Å². The molecule has 1 fully saturated rings. The molecule has 146 valence electrons. The van der Waals surface area contributed by atoms with Crippen molar-refractivity contribution >= 4 is 23.5 Å². The van der Waals surface area contributed by atoms with Crippen LogP contribution < -0.4 is 10.6 Å². The Balaban J connectivity index is 1.76. The number of nitrogens with zero attached hydrogens (tertiary/aromatic N) is 1. The number of carbonyl (C=O) groups excluding carboxylic acids is 2. The number of aliphatic imine (C=N–C) groups is 1. The van der Waals surface area contributed by atoms with E-state index in [1.54, 1.807) is 48.5 Å². The molecule has 1 saturated heterocycles. The Morgan fingerprint density at radius 1 is 1.14 bits per heavy atom. The number of guanidine groups is 1. The molecule has 1 aliphatic heterocycles. The summed E-state index contributed by atoms with van der Waals surface area (Å²) in [5.74, 6) is -0.413. The van der Waals surface area contributed by atoms with Gasteiger partial charge in [-0.25, -0.2) is 9.79 Å². The van der Waals surface area contributed by atoms with Crippen LogP contribution in [0.2, 0.25) is 0 Å². The summed E-state index contributed by atoms with van der Waals surface area (Å²) < 4.78 is 10.3. The molecule has 0 aliphatic carbocycles. The molecule has 0 aromatic heterocycles. The Kier molecular flexibility index (Phi) is 6.75. The number of hydrogen-bond acceptors (Lipinski definition) is 5. The van der Waals surface area contributed by atoms with E-state index in [1.807, 2.05) is 6.07 Å². The molecule has 7 nitrogen and oxygen atoms in total. The fraction of sp³-hybridized carbons (Fsp3) is 0.286. The number of methoxy groups -OCH3 is 1. The maximum absolute atomic E-state index is 12.5. The monoisotopic (exact) mass is 381 g/mol. The van der Waals surface area contributed by atoms with Crippen LogP contribution in [0, 0.1) is 0 Å². The lowest BCUT2D eigenvalue weighted by Gasteiger charge is -2.14. The number of rotatable bonds is 5. The lowest BCUT2D eigenvalue weighted by Crippen LogP contribution is -2.36. The number of amides is 1. The molecule has 1 unspecified atom stereocenters. The van der Waals surface area contributed by atoms with Crippen LogP contribution in [0.15, 0.2) is 59.6 Å². The Bertz CT molecular complexity index is 846. The first kappa shape index (κ1) is 19.6. The highest BCUT2D eigenvalue weighted by Gasteiger charge is 2.16. The SMILES string of the molecule is COC(=O)c1cccc(NC(=NCC2CCCO2)NC(=O)c2ccccc2)c1. The third-order valence-electron chi connectivity index (χ3n) is 4.29. The molecule has 1 aliphatic rings. The molecule has 0 spiro atoms. The summed E-state index contributed by atoms with van der Waals surface area (Å²) in [4.78, 5) is 28.8. The molecule has 1 amide bonds. The van der Waals surface area contributed by atoms with Gasteiger partial charge >= 0.3 is 5.97 Å². The van der Waals surface area contributed by atoms with Crippen LogP contribution in [0.4, 0.5) is 5.69 Å². The van der Waals surface area contributed by atoms with Crippen molar-refractivity contribution in [1.29, 1.82) is 0 Å². The molecule has 2 aromatic carbocycles. The van der Waals surface area contributed by atoms with Crippen LogP contribution in [-0.4, -0.2) is 44.2 Å². The molecule has 2 N–H and O–H groups in total. The second kappa shape index (κ2) is 9.66. The summed E-state index contributed by atoms with van der Waals surface area (Å²) in [5.41, 5.74) is 1.54. The van der Waals surface area contributed by atoms with Crippen LogP contribution >= 0.6 is 0 Å². The number of esters is 1. The highest BCUT2D eigenvalue weighted by atomic mass is 16.5. The normalized spacial score (nSPS) is 16.5. The second-order valence-electron chi connectivity index (χ2n) is 6.34. The van der Waals surface area contributed by atoms with Gasteiger partial charge in [0.2, 0.25) is 5.96 Å². The average molecular weight is 381 g/mol. The zero-order valence-electron chi connectivity index (χ0n) is 15.7. The third kappa shape index (κ3) is 5.40. The summed E-state index contributed by atoms with van der Waals surface area (Å²) >= 11 is 0. The van der Waals surface area contributed by atoms with Gasteiger partial charge in [0.25, 0.3) is 5.91 Å². The summed E-state index contributed by atoms with van der Waals surface area (Å²) in [5, 5.41) is 5.87. The molecular formula is C21H23N3O4. The number of ether oxygens (including phenoxy) is 2. The number of nitrogens with one attached hydrogen (secondary N) is 2. The van der Waals surface area contributed by atoms with Crippen molar-refractivity contribution < 1.29 is 19.1 Å². The van der Waals surface area contributed by atoms with Gasteiger partial charge in [0.1, 0.15) is 0 Å². The van der Waals surface area contributed by atoms with E-state index in [4.69, 9.17) is 9.47 Å². The molecule has 2 aromatic rings. The lowest BCUT2D eigenvalue weighted by atomic mass is 10.2. The van der Waals surface area contributed by atoms with E-state index < -0.39 is 5.97 Å². The van der Waals surface area contributed by atoms with Crippen molar-refractivity contribution in [2.45, 2.75) is 18.9 Å². The van der Waals surface area contributed by atoms with Crippen molar-refractivity contribution in [1.82, 2.24) is 5.32 Å². The van der Waals surface area contributed by atoms with Crippen molar-refractivity contribution in [2.75, 3.05) is 25.6 Å². The highest BCUT2D eigenvalue weighted by molar-refractivity contribution is 6.10. The molecule has 28 heavy (non-hydrogen) atoms. The van der Waals surface area contributed by atoms with E-state index in [0.29, 0.717) is 29.3 Å².